The lowest BCUT2D eigenvalue weighted by Crippen LogP contribution is -2.39. The van der Waals surface area contributed by atoms with Gasteiger partial charge in [0.1, 0.15) is 0 Å². The van der Waals surface area contributed by atoms with Gasteiger partial charge in [0.15, 0.2) is 0 Å². The molecule has 1 heterocycles. The molecule has 0 spiro atoms. The molecule has 20 heavy (non-hydrogen) atoms. The highest BCUT2D eigenvalue weighted by Crippen LogP contribution is 2.33. The maximum Gasteiger partial charge on any atom is 0.223 e. The van der Waals surface area contributed by atoms with Crippen molar-refractivity contribution in [1.29, 1.82) is 0 Å². The summed E-state index contributed by atoms with van der Waals surface area (Å²) >= 11 is 6.00. The summed E-state index contributed by atoms with van der Waals surface area (Å²) in [6, 6.07) is 6.16. The molecule has 1 atom stereocenters. The van der Waals surface area contributed by atoms with E-state index in [1.165, 1.54) is 11.1 Å². The van der Waals surface area contributed by atoms with Crippen LogP contribution in [0.25, 0.3) is 0 Å². The molecule has 3 rings (SSSR count). The average Bonchev–Trinajstić information content (AvgIpc) is 2.82. The monoisotopic (exact) mass is 314 g/mol. The van der Waals surface area contributed by atoms with Crippen molar-refractivity contribution >= 4 is 29.9 Å². The van der Waals surface area contributed by atoms with Gasteiger partial charge < -0.3 is 10.6 Å². The molecule has 110 valence electrons. The van der Waals surface area contributed by atoms with E-state index in [2.05, 4.69) is 16.7 Å². The van der Waals surface area contributed by atoms with Crippen LogP contribution in [0.2, 0.25) is 5.02 Å². The number of benzene rings is 1. The van der Waals surface area contributed by atoms with E-state index in [4.69, 9.17) is 11.6 Å². The van der Waals surface area contributed by atoms with Gasteiger partial charge in [0.25, 0.3) is 0 Å². The Morgan fingerprint density at radius 2 is 2.00 bits per heavy atom. The van der Waals surface area contributed by atoms with Crippen LogP contribution in [0.15, 0.2) is 18.2 Å². The molecular formula is C15H20Cl2N2O. The van der Waals surface area contributed by atoms with Crippen LogP contribution < -0.4 is 10.6 Å². The van der Waals surface area contributed by atoms with Gasteiger partial charge in [0, 0.05) is 10.9 Å². The van der Waals surface area contributed by atoms with Crippen LogP contribution in [-0.2, 0) is 11.2 Å². The van der Waals surface area contributed by atoms with Gasteiger partial charge in [-0.15, -0.1) is 12.4 Å². The van der Waals surface area contributed by atoms with Crippen LogP contribution in [0.1, 0.15) is 36.4 Å². The number of hydrogen-bond acceptors (Lipinski definition) is 2. The minimum atomic E-state index is 0. The molecule has 3 nitrogen and oxygen atoms in total. The van der Waals surface area contributed by atoms with Gasteiger partial charge in [-0.05, 0) is 62.0 Å². The second kappa shape index (κ2) is 6.79. The van der Waals surface area contributed by atoms with Gasteiger partial charge >= 0.3 is 0 Å². The van der Waals surface area contributed by atoms with Gasteiger partial charge in [-0.1, -0.05) is 17.7 Å². The Bertz CT molecular complexity index is 487. The van der Waals surface area contributed by atoms with E-state index < -0.39 is 0 Å². The van der Waals surface area contributed by atoms with Crippen LogP contribution in [0.5, 0.6) is 0 Å². The fraction of sp³-hybridized carbons (Fsp3) is 0.533. The summed E-state index contributed by atoms with van der Waals surface area (Å²) < 4.78 is 0. The predicted molar refractivity (Wildman–Crippen MR) is 83.5 cm³/mol. The van der Waals surface area contributed by atoms with E-state index >= 15 is 0 Å². The van der Waals surface area contributed by atoms with Gasteiger partial charge in [-0.2, -0.15) is 0 Å². The molecular weight excluding hydrogens is 295 g/mol. The number of halogens is 2. The number of hydrogen-bond donors (Lipinski definition) is 2. The van der Waals surface area contributed by atoms with Crippen molar-refractivity contribution in [3.05, 3.63) is 34.3 Å². The van der Waals surface area contributed by atoms with Crippen molar-refractivity contribution in [2.24, 2.45) is 5.92 Å². The van der Waals surface area contributed by atoms with Crippen LogP contribution >= 0.6 is 24.0 Å². The maximum absolute atomic E-state index is 12.3. The first-order valence-corrected chi connectivity index (χ1v) is 7.41. The fourth-order valence-corrected chi connectivity index (χ4v) is 3.30. The van der Waals surface area contributed by atoms with E-state index in [9.17, 15) is 4.79 Å². The number of fused-ring (bicyclic) bond motifs is 1. The van der Waals surface area contributed by atoms with Crippen LogP contribution in [0.3, 0.4) is 0 Å². The van der Waals surface area contributed by atoms with Crippen LogP contribution in [0.4, 0.5) is 0 Å². The number of rotatable bonds is 2. The Balaban J connectivity index is 0.00000147. The molecule has 2 aliphatic rings. The highest BCUT2D eigenvalue weighted by Gasteiger charge is 2.27. The zero-order chi connectivity index (χ0) is 13.2. The second-order valence-electron chi connectivity index (χ2n) is 5.47. The molecule has 1 aromatic rings. The molecule has 1 saturated heterocycles. The third-order valence-corrected chi connectivity index (χ3v) is 4.44. The number of piperidine rings is 1. The SMILES string of the molecule is Cl.O=C(NC1CCc2cc(Cl)ccc21)C1CCNCC1. The highest BCUT2D eigenvalue weighted by atomic mass is 35.5. The molecule has 1 aliphatic heterocycles. The first-order valence-electron chi connectivity index (χ1n) is 7.03. The second-order valence-corrected chi connectivity index (χ2v) is 5.90. The Kier molecular flexibility index (Phi) is 5.30. The molecule has 2 N–H and O–H groups in total. The largest absolute Gasteiger partial charge is 0.349 e. The smallest absolute Gasteiger partial charge is 0.223 e. The summed E-state index contributed by atoms with van der Waals surface area (Å²) in [5.74, 6) is 0.395. The van der Waals surface area contributed by atoms with Crippen molar-refractivity contribution in [1.82, 2.24) is 10.6 Å². The Morgan fingerprint density at radius 1 is 1.25 bits per heavy atom. The summed E-state index contributed by atoms with van der Waals surface area (Å²) in [5, 5.41) is 7.29. The minimum absolute atomic E-state index is 0. The zero-order valence-corrected chi connectivity index (χ0v) is 12.9. The average molecular weight is 315 g/mol. The molecule has 0 radical (unpaired) electrons. The van der Waals surface area contributed by atoms with E-state index in [1.807, 2.05) is 12.1 Å². The van der Waals surface area contributed by atoms with Crippen molar-refractivity contribution in [2.75, 3.05) is 13.1 Å². The van der Waals surface area contributed by atoms with Crippen molar-refractivity contribution < 1.29 is 4.79 Å². The molecule has 1 fully saturated rings. The Morgan fingerprint density at radius 3 is 2.75 bits per heavy atom. The van der Waals surface area contributed by atoms with Crippen LogP contribution in [-0.4, -0.2) is 19.0 Å². The molecule has 1 amide bonds. The lowest BCUT2D eigenvalue weighted by Gasteiger charge is -2.24. The molecule has 0 aromatic heterocycles. The fourth-order valence-electron chi connectivity index (χ4n) is 3.11. The molecule has 0 bridgehead atoms. The number of carbonyl (C=O) groups is 1. The normalized spacial score (nSPS) is 21.9. The summed E-state index contributed by atoms with van der Waals surface area (Å²) in [6.45, 7) is 1.91. The highest BCUT2D eigenvalue weighted by molar-refractivity contribution is 6.30. The van der Waals surface area contributed by atoms with Crippen molar-refractivity contribution in [2.45, 2.75) is 31.7 Å². The number of carbonyl (C=O) groups excluding carboxylic acids is 1. The minimum Gasteiger partial charge on any atom is -0.349 e. The van der Waals surface area contributed by atoms with Gasteiger partial charge in [-0.25, -0.2) is 0 Å². The summed E-state index contributed by atoms with van der Waals surface area (Å²) in [7, 11) is 0. The van der Waals surface area contributed by atoms with E-state index in [0.29, 0.717) is 0 Å². The molecule has 5 heteroatoms. The summed E-state index contributed by atoms with van der Waals surface area (Å²) in [4.78, 5) is 12.3. The first-order chi connectivity index (χ1) is 9.24. The quantitative estimate of drug-likeness (QED) is 0.881. The standard InChI is InChI=1S/C15H19ClN2O.ClH/c16-12-2-3-13-11(9-12)1-4-14(13)18-15(19)10-5-7-17-8-6-10;/h2-3,9-10,14,17H,1,4-8H2,(H,18,19);1H. The predicted octanol–water partition coefficient (Wildman–Crippen LogP) is 2.86. The Labute approximate surface area is 130 Å². The summed E-state index contributed by atoms with van der Waals surface area (Å²) in [6.07, 6.45) is 3.90. The summed E-state index contributed by atoms with van der Waals surface area (Å²) in [5.41, 5.74) is 2.52. The van der Waals surface area contributed by atoms with Crippen molar-refractivity contribution in [3.8, 4) is 0 Å². The van der Waals surface area contributed by atoms with E-state index in [1.54, 1.807) is 0 Å². The Hall–Kier alpha value is -0.770. The van der Waals surface area contributed by atoms with E-state index in [-0.39, 0.29) is 30.3 Å². The number of aryl methyl sites for hydroxylation is 1. The zero-order valence-electron chi connectivity index (χ0n) is 11.3. The molecule has 0 saturated carbocycles. The van der Waals surface area contributed by atoms with Crippen LogP contribution in [0, 0.1) is 5.92 Å². The van der Waals surface area contributed by atoms with Gasteiger partial charge in [0.05, 0.1) is 6.04 Å². The molecule has 1 aliphatic carbocycles. The third-order valence-electron chi connectivity index (χ3n) is 4.21. The lowest BCUT2D eigenvalue weighted by atomic mass is 9.96. The van der Waals surface area contributed by atoms with Crippen molar-refractivity contribution in [3.63, 3.8) is 0 Å². The third kappa shape index (κ3) is 3.27. The molecule has 1 unspecified atom stereocenters. The van der Waals surface area contributed by atoms with E-state index in [0.717, 1.165) is 43.8 Å². The number of amides is 1. The molecule has 1 aromatic carbocycles. The lowest BCUT2D eigenvalue weighted by molar-refractivity contribution is -0.126. The van der Waals surface area contributed by atoms with Gasteiger partial charge in [0.2, 0.25) is 5.91 Å². The topological polar surface area (TPSA) is 41.1 Å². The number of nitrogens with one attached hydrogen (secondary N) is 2. The maximum atomic E-state index is 12.3. The van der Waals surface area contributed by atoms with Gasteiger partial charge in [-0.3, -0.25) is 4.79 Å². The first kappa shape index (κ1) is 15.6.